The minimum absolute atomic E-state index is 0.0340. The molecule has 1 aromatic carbocycles. The van der Waals surface area contributed by atoms with Crippen molar-refractivity contribution >= 4 is 5.91 Å². The zero-order valence-corrected chi connectivity index (χ0v) is 13.2. The van der Waals surface area contributed by atoms with Crippen LogP contribution in [0.2, 0.25) is 0 Å². The number of carbonyl (C=O) groups excluding carboxylic acids is 1. The number of aryl methyl sites for hydroxylation is 2. The lowest BCUT2D eigenvalue weighted by Crippen LogP contribution is -2.59. The molecule has 1 saturated carbocycles. The molecule has 4 nitrogen and oxygen atoms in total. The van der Waals surface area contributed by atoms with Gasteiger partial charge in [-0.2, -0.15) is 0 Å². The van der Waals surface area contributed by atoms with Crippen LogP contribution < -0.4 is 15.8 Å². The van der Waals surface area contributed by atoms with Gasteiger partial charge in [0.05, 0.1) is 0 Å². The summed E-state index contributed by atoms with van der Waals surface area (Å²) < 4.78 is 6.15. The number of likely N-dealkylation sites (N-methyl/N-ethyl adjacent to an activating group) is 1. The lowest BCUT2D eigenvalue weighted by molar-refractivity contribution is -0.127. The van der Waals surface area contributed by atoms with E-state index in [0.29, 0.717) is 6.42 Å². The van der Waals surface area contributed by atoms with Gasteiger partial charge in [0.2, 0.25) is 5.91 Å². The Morgan fingerprint density at radius 3 is 2.86 bits per heavy atom. The van der Waals surface area contributed by atoms with E-state index < -0.39 is 5.54 Å². The first-order valence-corrected chi connectivity index (χ1v) is 7.75. The van der Waals surface area contributed by atoms with Crippen LogP contribution in [0.1, 0.15) is 43.7 Å². The van der Waals surface area contributed by atoms with Gasteiger partial charge in [-0.15, -0.1) is 0 Å². The van der Waals surface area contributed by atoms with Gasteiger partial charge in [-0.05, 0) is 51.3 Å². The molecule has 2 rings (SSSR count). The number of amides is 1. The van der Waals surface area contributed by atoms with Gasteiger partial charge >= 0.3 is 0 Å². The Morgan fingerprint density at radius 2 is 2.24 bits per heavy atom. The van der Waals surface area contributed by atoms with Crippen LogP contribution in [0.25, 0.3) is 0 Å². The molecule has 116 valence electrons. The number of carbonyl (C=O) groups is 1. The molecule has 0 aliphatic heterocycles. The van der Waals surface area contributed by atoms with E-state index in [4.69, 9.17) is 10.5 Å². The first-order chi connectivity index (χ1) is 9.97. The Labute approximate surface area is 127 Å². The molecule has 4 heteroatoms. The Balaban J connectivity index is 2.12. The molecule has 21 heavy (non-hydrogen) atoms. The highest BCUT2D eigenvalue weighted by Crippen LogP contribution is 2.32. The lowest BCUT2D eigenvalue weighted by Gasteiger charge is -2.39. The maximum absolute atomic E-state index is 11.9. The van der Waals surface area contributed by atoms with Crippen LogP contribution in [0.15, 0.2) is 18.2 Å². The van der Waals surface area contributed by atoms with E-state index in [1.807, 2.05) is 13.0 Å². The molecule has 0 spiro atoms. The second kappa shape index (κ2) is 6.48. The summed E-state index contributed by atoms with van der Waals surface area (Å²) >= 11 is 0. The van der Waals surface area contributed by atoms with Crippen LogP contribution in [-0.2, 0) is 4.79 Å². The van der Waals surface area contributed by atoms with Crippen molar-refractivity contribution in [3.8, 4) is 5.75 Å². The fourth-order valence-corrected chi connectivity index (χ4v) is 3.25. The maximum Gasteiger partial charge on any atom is 0.237 e. The molecule has 2 atom stereocenters. The topological polar surface area (TPSA) is 64.3 Å². The second-order valence-electron chi connectivity index (χ2n) is 6.08. The zero-order valence-electron chi connectivity index (χ0n) is 13.2. The number of hydrogen-bond donors (Lipinski definition) is 2. The van der Waals surface area contributed by atoms with Crippen LogP contribution in [0, 0.1) is 13.8 Å². The van der Waals surface area contributed by atoms with Crippen molar-refractivity contribution in [3.05, 3.63) is 29.3 Å². The standard InChI is InChI=1S/C17H26N2O2/c1-4-19-17(16(18)20)9-5-6-14(11-17)21-15-8-7-12(2)10-13(15)3/h7-8,10,14,19H,4-6,9,11H2,1-3H3,(H2,18,20). The molecule has 1 aliphatic rings. The highest BCUT2D eigenvalue weighted by atomic mass is 16.5. The summed E-state index contributed by atoms with van der Waals surface area (Å²) in [5.74, 6) is 0.639. The van der Waals surface area contributed by atoms with E-state index in [-0.39, 0.29) is 12.0 Å². The number of nitrogens with one attached hydrogen (secondary N) is 1. The van der Waals surface area contributed by atoms with Gasteiger partial charge in [-0.25, -0.2) is 0 Å². The van der Waals surface area contributed by atoms with Crippen molar-refractivity contribution in [2.45, 2.75) is 58.1 Å². The SMILES string of the molecule is CCNC1(C(N)=O)CCCC(Oc2ccc(C)cc2C)C1. The molecule has 0 saturated heterocycles. The van der Waals surface area contributed by atoms with Gasteiger partial charge in [0.1, 0.15) is 17.4 Å². The molecule has 1 aromatic rings. The third kappa shape index (κ3) is 3.56. The first-order valence-electron chi connectivity index (χ1n) is 7.75. The Morgan fingerprint density at radius 1 is 1.48 bits per heavy atom. The molecule has 0 bridgehead atoms. The normalized spacial score (nSPS) is 25.6. The summed E-state index contributed by atoms with van der Waals surface area (Å²) in [5, 5.41) is 3.28. The minimum atomic E-state index is -0.615. The lowest BCUT2D eigenvalue weighted by atomic mass is 9.79. The molecule has 0 aromatic heterocycles. The average molecular weight is 290 g/mol. The van der Waals surface area contributed by atoms with E-state index >= 15 is 0 Å². The molecule has 3 N–H and O–H groups in total. The highest BCUT2D eigenvalue weighted by Gasteiger charge is 2.41. The Kier molecular flexibility index (Phi) is 4.88. The van der Waals surface area contributed by atoms with Crippen molar-refractivity contribution in [2.75, 3.05) is 6.54 Å². The monoisotopic (exact) mass is 290 g/mol. The third-order valence-corrected chi connectivity index (χ3v) is 4.32. The van der Waals surface area contributed by atoms with Gasteiger partial charge in [0.25, 0.3) is 0 Å². The fourth-order valence-electron chi connectivity index (χ4n) is 3.25. The summed E-state index contributed by atoms with van der Waals surface area (Å²) in [6.45, 7) is 6.86. The smallest absolute Gasteiger partial charge is 0.237 e. The Bertz CT molecular complexity index is 512. The summed E-state index contributed by atoms with van der Waals surface area (Å²) in [6.07, 6.45) is 3.39. The van der Waals surface area contributed by atoms with Crippen LogP contribution in [0.5, 0.6) is 5.75 Å². The minimum Gasteiger partial charge on any atom is -0.490 e. The molecule has 0 radical (unpaired) electrons. The van der Waals surface area contributed by atoms with Crippen molar-refractivity contribution in [2.24, 2.45) is 5.73 Å². The summed E-state index contributed by atoms with van der Waals surface area (Å²) in [6, 6.07) is 6.18. The predicted octanol–water partition coefficient (Wildman–Crippen LogP) is 2.46. The number of nitrogens with two attached hydrogens (primary N) is 1. The van der Waals surface area contributed by atoms with E-state index in [9.17, 15) is 4.79 Å². The van der Waals surface area contributed by atoms with Crippen molar-refractivity contribution < 1.29 is 9.53 Å². The zero-order chi connectivity index (χ0) is 15.5. The van der Waals surface area contributed by atoms with E-state index in [1.165, 1.54) is 5.56 Å². The highest BCUT2D eigenvalue weighted by molar-refractivity contribution is 5.84. The van der Waals surface area contributed by atoms with Crippen LogP contribution in [0.4, 0.5) is 0 Å². The predicted molar refractivity (Wildman–Crippen MR) is 84.4 cm³/mol. The molecular weight excluding hydrogens is 264 g/mol. The third-order valence-electron chi connectivity index (χ3n) is 4.32. The molecule has 1 fully saturated rings. The summed E-state index contributed by atoms with van der Waals surface area (Å²) in [7, 11) is 0. The quantitative estimate of drug-likeness (QED) is 0.875. The largest absolute Gasteiger partial charge is 0.490 e. The van der Waals surface area contributed by atoms with Gasteiger partial charge in [0, 0.05) is 6.42 Å². The number of rotatable bonds is 5. The fraction of sp³-hybridized carbons (Fsp3) is 0.588. The molecule has 2 unspecified atom stereocenters. The van der Waals surface area contributed by atoms with E-state index in [2.05, 4.69) is 31.3 Å². The van der Waals surface area contributed by atoms with Crippen LogP contribution >= 0.6 is 0 Å². The van der Waals surface area contributed by atoms with Crippen molar-refractivity contribution in [1.29, 1.82) is 0 Å². The van der Waals surface area contributed by atoms with Gasteiger partial charge < -0.3 is 15.8 Å². The second-order valence-corrected chi connectivity index (χ2v) is 6.08. The molecule has 1 aliphatic carbocycles. The van der Waals surface area contributed by atoms with Crippen LogP contribution in [0.3, 0.4) is 0 Å². The molecular formula is C17H26N2O2. The number of hydrogen-bond acceptors (Lipinski definition) is 3. The summed E-state index contributed by atoms with van der Waals surface area (Å²) in [4.78, 5) is 11.9. The van der Waals surface area contributed by atoms with Crippen LogP contribution in [-0.4, -0.2) is 24.1 Å². The number of primary amides is 1. The van der Waals surface area contributed by atoms with E-state index in [1.54, 1.807) is 0 Å². The molecule has 0 heterocycles. The van der Waals surface area contributed by atoms with Gasteiger partial charge in [-0.1, -0.05) is 24.6 Å². The van der Waals surface area contributed by atoms with E-state index in [0.717, 1.165) is 37.1 Å². The maximum atomic E-state index is 11.9. The molecule has 1 amide bonds. The Hall–Kier alpha value is -1.55. The van der Waals surface area contributed by atoms with Crippen molar-refractivity contribution in [1.82, 2.24) is 5.32 Å². The number of benzene rings is 1. The summed E-state index contributed by atoms with van der Waals surface area (Å²) in [5.41, 5.74) is 7.38. The van der Waals surface area contributed by atoms with Gasteiger partial charge in [0.15, 0.2) is 0 Å². The van der Waals surface area contributed by atoms with Gasteiger partial charge in [-0.3, -0.25) is 4.79 Å². The first kappa shape index (κ1) is 15.8. The van der Waals surface area contributed by atoms with Crippen molar-refractivity contribution in [3.63, 3.8) is 0 Å². The average Bonchev–Trinajstić information content (AvgIpc) is 2.42. The number of ether oxygens (including phenoxy) is 1.